The Bertz CT molecular complexity index is 813. The Balaban J connectivity index is 2.40. The average molecular weight is 326 g/mol. The molecule has 9 heteroatoms. The fourth-order valence-electron chi connectivity index (χ4n) is 2.21. The molecule has 2 aromatic heterocycles. The highest BCUT2D eigenvalue weighted by Crippen LogP contribution is 2.19. The van der Waals surface area contributed by atoms with E-state index in [1.807, 2.05) is 0 Å². The van der Waals surface area contributed by atoms with E-state index in [2.05, 4.69) is 14.8 Å². The van der Waals surface area contributed by atoms with Crippen LogP contribution >= 0.6 is 0 Å². The van der Waals surface area contributed by atoms with Crippen LogP contribution in [0.15, 0.2) is 17.2 Å². The summed E-state index contributed by atoms with van der Waals surface area (Å²) in [5.41, 5.74) is 1.23. The van der Waals surface area contributed by atoms with Gasteiger partial charge in [-0.05, 0) is 19.4 Å². The van der Waals surface area contributed by atoms with Crippen LogP contribution in [0.3, 0.4) is 0 Å². The average Bonchev–Trinajstić information content (AvgIpc) is 2.73. The summed E-state index contributed by atoms with van der Waals surface area (Å²) in [5.74, 6) is -1.20. The SMILES string of the molecule is CCCC(NS(=O)(=O)c1cnc2c(c1)c(C)nn2C)C(=O)O. The monoisotopic (exact) mass is 326 g/mol. The number of rotatable bonds is 6. The molecule has 0 spiro atoms. The Morgan fingerprint density at radius 2 is 2.18 bits per heavy atom. The number of pyridine rings is 1. The van der Waals surface area contributed by atoms with Gasteiger partial charge in [-0.3, -0.25) is 9.48 Å². The fraction of sp³-hybridized carbons (Fsp3) is 0.462. The molecule has 0 aliphatic carbocycles. The quantitative estimate of drug-likeness (QED) is 0.812. The van der Waals surface area contributed by atoms with E-state index in [1.165, 1.54) is 12.3 Å². The highest BCUT2D eigenvalue weighted by Gasteiger charge is 2.25. The number of fused-ring (bicyclic) bond motifs is 1. The molecule has 2 heterocycles. The summed E-state index contributed by atoms with van der Waals surface area (Å²) in [4.78, 5) is 15.1. The summed E-state index contributed by atoms with van der Waals surface area (Å²) in [6, 6.07) is 0.304. The fourth-order valence-corrected chi connectivity index (χ4v) is 3.41. The van der Waals surface area contributed by atoms with Crippen molar-refractivity contribution in [1.82, 2.24) is 19.5 Å². The van der Waals surface area contributed by atoms with Gasteiger partial charge in [0.2, 0.25) is 10.0 Å². The zero-order chi connectivity index (χ0) is 16.5. The predicted octanol–water partition coefficient (Wildman–Crippen LogP) is 0.808. The Labute approximate surface area is 128 Å². The number of nitrogens with zero attached hydrogens (tertiary/aromatic N) is 3. The van der Waals surface area contributed by atoms with Crippen LogP contribution < -0.4 is 4.72 Å². The Morgan fingerprint density at radius 3 is 2.77 bits per heavy atom. The maximum atomic E-state index is 12.3. The molecule has 1 unspecified atom stereocenters. The van der Waals surface area contributed by atoms with E-state index < -0.39 is 22.0 Å². The van der Waals surface area contributed by atoms with Crippen molar-refractivity contribution in [3.8, 4) is 0 Å². The summed E-state index contributed by atoms with van der Waals surface area (Å²) >= 11 is 0. The van der Waals surface area contributed by atoms with Gasteiger partial charge in [0.05, 0.1) is 5.69 Å². The number of aromatic nitrogens is 3. The van der Waals surface area contributed by atoms with Gasteiger partial charge in [-0.25, -0.2) is 13.4 Å². The second kappa shape index (κ2) is 6.01. The van der Waals surface area contributed by atoms with Crippen LogP contribution in [0.1, 0.15) is 25.5 Å². The molecule has 0 saturated carbocycles. The Hall–Kier alpha value is -2.00. The van der Waals surface area contributed by atoms with Crippen molar-refractivity contribution in [3.05, 3.63) is 18.0 Å². The number of hydrogen-bond acceptors (Lipinski definition) is 5. The van der Waals surface area contributed by atoms with E-state index in [4.69, 9.17) is 5.11 Å². The lowest BCUT2D eigenvalue weighted by molar-refractivity contribution is -0.139. The zero-order valence-corrected chi connectivity index (χ0v) is 13.4. The predicted molar refractivity (Wildman–Crippen MR) is 79.9 cm³/mol. The summed E-state index contributed by atoms with van der Waals surface area (Å²) in [7, 11) is -2.24. The minimum atomic E-state index is -3.96. The van der Waals surface area contributed by atoms with E-state index in [0.29, 0.717) is 23.1 Å². The molecule has 8 nitrogen and oxygen atoms in total. The first-order chi connectivity index (χ1) is 10.3. The highest BCUT2D eigenvalue weighted by molar-refractivity contribution is 7.89. The van der Waals surface area contributed by atoms with Crippen LogP contribution in [0.2, 0.25) is 0 Å². The molecule has 0 aromatic carbocycles. The number of carbonyl (C=O) groups is 1. The first-order valence-corrected chi connectivity index (χ1v) is 8.29. The summed E-state index contributed by atoms with van der Waals surface area (Å²) in [5, 5.41) is 13.9. The largest absolute Gasteiger partial charge is 0.480 e. The molecule has 22 heavy (non-hydrogen) atoms. The third kappa shape index (κ3) is 3.09. The molecule has 0 bridgehead atoms. The second-order valence-electron chi connectivity index (χ2n) is 5.05. The molecular formula is C13H18N4O4S. The van der Waals surface area contributed by atoms with Gasteiger partial charge in [-0.1, -0.05) is 13.3 Å². The summed E-state index contributed by atoms with van der Waals surface area (Å²) in [6.07, 6.45) is 1.98. The number of sulfonamides is 1. The van der Waals surface area contributed by atoms with Gasteiger partial charge in [0.25, 0.3) is 0 Å². The van der Waals surface area contributed by atoms with Gasteiger partial charge in [0.15, 0.2) is 5.65 Å². The first-order valence-electron chi connectivity index (χ1n) is 6.80. The molecule has 0 aliphatic rings. The first kappa shape index (κ1) is 16.4. The Kier molecular flexibility index (Phi) is 4.47. The lowest BCUT2D eigenvalue weighted by Gasteiger charge is -2.13. The summed E-state index contributed by atoms with van der Waals surface area (Å²) < 4.78 is 28.5. The lowest BCUT2D eigenvalue weighted by atomic mass is 10.2. The standard InChI is InChI=1S/C13H18N4O4S/c1-4-5-11(13(18)19)16-22(20,21)9-6-10-8(2)15-17(3)12(10)14-7-9/h6-7,11,16H,4-5H2,1-3H3,(H,18,19). The number of carboxylic acids is 1. The van der Waals surface area contributed by atoms with Crippen LogP contribution in [-0.4, -0.2) is 40.3 Å². The van der Waals surface area contributed by atoms with Crippen molar-refractivity contribution >= 4 is 27.0 Å². The minimum absolute atomic E-state index is 0.0709. The van der Waals surface area contributed by atoms with Crippen LogP contribution in [0.5, 0.6) is 0 Å². The van der Waals surface area contributed by atoms with Crippen molar-refractivity contribution in [3.63, 3.8) is 0 Å². The molecule has 0 saturated heterocycles. The molecule has 0 radical (unpaired) electrons. The third-order valence-corrected chi connectivity index (χ3v) is 4.76. The van der Waals surface area contributed by atoms with E-state index in [9.17, 15) is 13.2 Å². The highest BCUT2D eigenvalue weighted by atomic mass is 32.2. The maximum Gasteiger partial charge on any atom is 0.321 e. The van der Waals surface area contributed by atoms with Crippen LogP contribution in [0, 0.1) is 6.92 Å². The van der Waals surface area contributed by atoms with E-state index in [1.54, 1.807) is 25.6 Å². The van der Waals surface area contributed by atoms with Crippen molar-refractivity contribution < 1.29 is 18.3 Å². The van der Waals surface area contributed by atoms with Crippen molar-refractivity contribution in [2.24, 2.45) is 7.05 Å². The molecule has 2 aromatic rings. The molecular weight excluding hydrogens is 308 g/mol. The third-order valence-electron chi connectivity index (χ3n) is 3.32. The molecule has 0 aliphatic heterocycles. The van der Waals surface area contributed by atoms with E-state index >= 15 is 0 Å². The lowest BCUT2D eigenvalue weighted by Crippen LogP contribution is -2.40. The maximum absolute atomic E-state index is 12.3. The number of carboxylic acid groups (broad SMARTS) is 1. The van der Waals surface area contributed by atoms with Gasteiger partial charge in [-0.2, -0.15) is 9.82 Å². The minimum Gasteiger partial charge on any atom is -0.480 e. The Morgan fingerprint density at radius 1 is 1.50 bits per heavy atom. The van der Waals surface area contributed by atoms with Gasteiger partial charge >= 0.3 is 5.97 Å². The van der Waals surface area contributed by atoms with Gasteiger partial charge in [-0.15, -0.1) is 0 Å². The van der Waals surface area contributed by atoms with Crippen molar-refractivity contribution in [1.29, 1.82) is 0 Å². The van der Waals surface area contributed by atoms with Gasteiger partial charge in [0, 0.05) is 18.6 Å². The smallest absolute Gasteiger partial charge is 0.321 e. The molecule has 120 valence electrons. The number of hydrogen-bond donors (Lipinski definition) is 2. The van der Waals surface area contributed by atoms with Crippen molar-refractivity contribution in [2.45, 2.75) is 37.6 Å². The number of aryl methyl sites for hydroxylation is 2. The van der Waals surface area contributed by atoms with Crippen molar-refractivity contribution in [2.75, 3.05) is 0 Å². The zero-order valence-electron chi connectivity index (χ0n) is 12.6. The van der Waals surface area contributed by atoms with E-state index in [0.717, 1.165) is 0 Å². The van der Waals surface area contributed by atoms with Crippen LogP contribution in [0.4, 0.5) is 0 Å². The normalized spacial score (nSPS) is 13.4. The number of nitrogens with one attached hydrogen (secondary N) is 1. The molecule has 0 amide bonds. The summed E-state index contributed by atoms with van der Waals surface area (Å²) in [6.45, 7) is 3.54. The molecule has 0 fully saturated rings. The van der Waals surface area contributed by atoms with Crippen LogP contribution in [0.25, 0.3) is 11.0 Å². The topological polar surface area (TPSA) is 114 Å². The van der Waals surface area contributed by atoms with Gasteiger partial charge < -0.3 is 5.11 Å². The van der Waals surface area contributed by atoms with Crippen LogP contribution in [-0.2, 0) is 21.9 Å². The molecule has 2 rings (SSSR count). The molecule has 2 N–H and O–H groups in total. The van der Waals surface area contributed by atoms with Gasteiger partial charge in [0.1, 0.15) is 10.9 Å². The molecule has 1 atom stereocenters. The number of aliphatic carboxylic acids is 1. The van der Waals surface area contributed by atoms with E-state index in [-0.39, 0.29) is 11.3 Å². The second-order valence-corrected chi connectivity index (χ2v) is 6.77.